The van der Waals surface area contributed by atoms with Gasteiger partial charge < -0.3 is 14.8 Å². The standard InChI is InChI=1S/C30H22I2N2O4/c1-2-37-30(36)21-10-12-24(13-11-21)34-29(35)23(17-33)14-19-15-26(31)28(27(32)16-19)38-18-22-8-5-7-20-6-3-4-9-25(20)22/h3-16H,2,18H2,1H3,(H,34,35)/b23-14+. The fourth-order valence-electron chi connectivity index (χ4n) is 3.79. The van der Waals surface area contributed by atoms with Crippen molar-refractivity contribution in [1.82, 2.24) is 0 Å². The number of fused-ring (bicyclic) bond motifs is 1. The highest BCUT2D eigenvalue weighted by Gasteiger charge is 2.14. The van der Waals surface area contributed by atoms with Crippen LogP contribution in [0.3, 0.4) is 0 Å². The van der Waals surface area contributed by atoms with Crippen molar-refractivity contribution in [3.05, 3.63) is 108 Å². The van der Waals surface area contributed by atoms with Crippen LogP contribution in [0, 0.1) is 18.5 Å². The first-order chi connectivity index (χ1) is 18.4. The highest BCUT2D eigenvalue weighted by molar-refractivity contribution is 14.1. The van der Waals surface area contributed by atoms with Gasteiger partial charge in [-0.1, -0.05) is 42.5 Å². The maximum atomic E-state index is 12.8. The summed E-state index contributed by atoms with van der Waals surface area (Å²) in [5.74, 6) is -0.227. The smallest absolute Gasteiger partial charge is 0.338 e. The molecule has 0 atom stereocenters. The predicted octanol–water partition coefficient (Wildman–Crippen LogP) is 7.35. The average Bonchev–Trinajstić information content (AvgIpc) is 2.91. The Balaban J connectivity index is 1.48. The summed E-state index contributed by atoms with van der Waals surface area (Å²) in [6.45, 7) is 2.43. The lowest BCUT2D eigenvalue weighted by Gasteiger charge is -2.13. The van der Waals surface area contributed by atoms with E-state index in [9.17, 15) is 14.9 Å². The first kappa shape index (κ1) is 27.6. The molecule has 0 aliphatic heterocycles. The molecule has 0 aliphatic rings. The number of nitrogens with zero attached hydrogens (tertiary/aromatic N) is 1. The zero-order valence-corrected chi connectivity index (χ0v) is 24.6. The normalized spacial score (nSPS) is 11.1. The van der Waals surface area contributed by atoms with E-state index in [-0.39, 0.29) is 12.2 Å². The van der Waals surface area contributed by atoms with Gasteiger partial charge in [0.2, 0.25) is 0 Å². The monoisotopic (exact) mass is 728 g/mol. The molecular formula is C30H22I2N2O4. The minimum absolute atomic E-state index is 0.0458. The largest absolute Gasteiger partial charge is 0.487 e. The van der Waals surface area contributed by atoms with Gasteiger partial charge in [0.25, 0.3) is 5.91 Å². The molecule has 0 saturated carbocycles. The van der Waals surface area contributed by atoms with Crippen molar-refractivity contribution in [1.29, 1.82) is 5.26 Å². The quantitative estimate of drug-likeness (QED) is 0.0888. The summed E-state index contributed by atoms with van der Waals surface area (Å²) in [5, 5.41) is 14.6. The van der Waals surface area contributed by atoms with Crippen molar-refractivity contribution in [3.8, 4) is 11.8 Å². The van der Waals surface area contributed by atoms with Crippen LogP contribution >= 0.6 is 45.2 Å². The summed E-state index contributed by atoms with van der Waals surface area (Å²) in [6.07, 6.45) is 1.54. The Morgan fingerprint density at radius 1 is 0.974 bits per heavy atom. The minimum atomic E-state index is -0.544. The minimum Gasteiger partial charge on any atom is -0.487 e. The number of carbonyl (C=O) groups excluding carboxylic acids is 2. The van der Waals surface area contributed by atoms with Crippen molar-refractivity contribution < 1.29 is 19.1 Å². The van der Waals surface area contributed by atoms with E-state index in [1.165, 1.54) is 0 Å². The topological polar surface area (TPSA) is 88.4 Å². The summed E-state index contributed by atoms with van der Waals surface area (Å²) in [5.41, 5.74) is 2.60. The molecule has 0 radical (unpaired) electrons. The van der Waals surface area contributed by atoms with Crippen LogP contribution in [0.25, 0.3) is 16.8 Å². The Morgan fingerprint density at radius 3 is 2.34 bits per heavy atom. The highest BCUT2D eigenvalue weighted by Crippen LogP contribution is 2.31. The van der Waals surface area contributed by atoms with Crippen LogP contribution in [-0.4, -0.2) is 18.5 Å². The van der Waals surface area contributed by atoms with E-state index in [1.54, 1.807) is 37.3 Å². The molecule has 0 aromatic heterocycles. The van der Waals surface area contributed by atoms with E-state index < -0.39 is 11.9 Å². The summed E-state index contributed by atoms with van der Waals surface area (Å²) in [7, 11) is 0. The third-order valence-electron chi connectivity index (χ3n) is 5.60. The number of rotatable bonds is 8. The van der Waals surface area contributed by atoms with E-state index in [0.717, 1.165) is 29.2 Å². The van der Waals surface area contributed by atoms with Gasteiger partial charge in [-0.3, -0.25) is 4.79 Å². The zero-order chi connectivity index (χ0) is 27.1. The summed E-state index contributed by atoms with van der Waals surface area (Å²) in [6, 6.07) is 26.4. The Hall–Kier alpha value is -3.43. The molecule has 38 heavy (non-hydrogen) atoms. The molecule has 4 rings (SSSR count). The number of hydrogen-bond donors (Lipinski definition) is 1. The van der Waals surface area contributed by atoms with Crippen LogP contribution in [0.5, 0.6) is 5.75 Å². The van der Waals surface area contributed by atoms with Crippen LogP contribution in [0.1, 0.15) is 28.4 Å². The Morgan fingerprint density at radius 2 is 1.66 bits per heavy atom. The first-order valence-electron chi connectivity index (χ1n) is 11.7. The summed E-state index contributed by atoms with van der Waals surface area (Å²) >= 11 is 4.40. The second-order valence-corrected chi connectivity index (χ2v) is 10.5. The van der Waals surface area contributed by atoms with E-state index >= 15 is 0 Å². The van der Waals surface area contributed by atoms with E-state index in [4.69, 9.17) is 9.47 Å². The Bertz CT molecular complexity index is 1550. The number of benzene rings is 4. The fourth-order valence-corrected chi connectivity index (χ4v) is 5.91. The highest BCUT2D eigenvalue weighted by atomic mass is 127. The number of nitriles is 1. The molecule has 4 aromatic rings. The molecule has 0 heterocycles. The average molecular weight is 728 g/mol. The zero-order valence-electron chi connectivity index (χ0n) is 20.3. The molecule has 0 spiro atoms. The molecule has 0 bridgehead atoms. The van der Waals surface area contributed by atoms with Crippen LogP contribution in [0.15, 0.2) is 84.4 Å². The van der Waals surface area contributed by atoms with Gasteiger partial charge in [-0.05, 0) is 116 Å². The molecule has 0 saturated heterocycles. The van der Waals surface area contributed by atoms with Crippen LogP contribution < -0.4 is 10.1 Å². The van der Waals surface area contributed by atoms with Crippen molar-refractivity contribution >= 4 is 79.6 Å². The van der Waals surface area contributed by atoms with Gasteiger partial charge in [-0.25, -0.2) is 4.79 Å². The van der Waals surface area contributed by atoms with E-state index in [1.807, 2.05) is 36.4 Å². The van der Waals surface area contributed by atoms with Gasteiger partial charge in [-0.15, -0.1) is 0 Å². The fraction of sp³-hybridized carbons (Fsp3) is 0.100. The molecule has 0 unspecified atom stereocenters. The number of nitrogens with one attached hydrogen (secondary N) is 1. The maximum absolute atomic E-state index is 12.8. The second kappa shape index (κ2) is 12.9. The van der Waals surface area contributed by atoms with Crippen molar-refractivity contribution in [2.24, 2.45) is 0 Å². The number of hydrogen-bond acceptors (Lipinski definition) is 5. The third kappa shape index (κ3) is 6.71. The lowest BCUT2D eigenvalue weighted by Crippen LogP contribution is -2.13. The van der Waals surface area contributed by atoms with Gasteiger partial charge in [0.15, 0.2) is 0 Å². The Kier molecular flexibility index (Phi) is 9.36. The maximum Gasteiger partial charge on any atom is 0.338 e. The molecule has 190 valence electrons. The lowest BCUT2D eigenvalue weighted by atomic mass is 10.1. The van der Waals surface area contributed by atoms with Crippen LogP contribution in [0.2, 0.25) is 0 Å². The number of amides is 1. The van der Waals surface area contributed by atoms with Gasteiger partial charge in [0.1, 0.15) is 24.0 Å². The SMILES string of the molecule is CCOC(=O)c1ccc(NC(=O)/C(C#N)=C/c2cc(I)c(OCc3cccc4ccccc34)c(I)c2)cc1. The molecule has 1 amide bonds. The van der Waals surface area contributed by atoms with E-state index in [2.05, 4.69) is 74.8 Å². The molecular weight excluding hydrogens is 706 g/mol. The number of ether oxygens (including phenoxy) is 2. The van der Waals surface area contributed by atoms with Gasteiger partial charge in [0.05, 0.1) is 19.3 Å². The Labute approximate surface area is 247 Å². The molecule has 8 heteroatoms. The van der Waals surface area contributed by atoms with E-state index in [0.29, 0.717) is 23.4 Å². The number of halogens is 2. The van der Waals surface area contributed by atoms with Crippen molar-refractivity contribution in [3.63, 3.8) is 0 Å². The van der Waals surface area contributed by atoms with Gasteiger partial charge in [0, 0.05) is 5.69 Å². The molecule has 4 aromatic carbocycles. The number of anilines is 1. The van der Waals surface area contributed by atoms with Crippen LogP contribution in [0.4, 0.5) is 5.69 Å². The summed E-state index contributed by atoms with van der Waals surface area (Å²) < 4.78 is 12.9. The van der Waals surface area contributed by atoms with Gasteiger partial charge >= 0.3 is 5.97 Å². The predicted molar refractivity (Wildman–Crippen MR) is 165 cm³/mol. The van der Waals surface area contributed by atoms with Gasteiger partial charge in [-0.2, -0.15) is 5.26 Å². The van der Waals surface area contributed by atoms with Crippen molar-refractivity contribution in [2.75, 3.05) is 11.9 Å². The molecule has 1 N–H and O–H groups in total. The molecule has 6 nitrogen and oxygen atoms in total. The third-order valence-corrected chi connectivity index (χ3v) is 7.21. The summed E-state index contributed by atoms with van der Waals surface area (Å²) in [4.78, 5) is 24.6. The van der Waals surface area contributed by atoms with Crippen LogP contribution in [-0.2, 0) is 16.1 Å². The first-order valence-corrected chi connectivity index (χ1v) is 13.8. The number of carbonyl (C=O) groups is 2. The molecule has 0 aliphatic carbocycles. The number of esters is 1. The molecule has 0 fully saturated rings. The lowest BCUT2D eigenvalue weighted by molar-refractivity contribution is -0.112. The second-order valence-electron chi connectivity index (χ2n) is 8.16. The van der Waals surface area contributed by atoms with Crippen molar-refractivity contribution in [2.45, 2.75) is 13.5 Å².